The van der Waals surface area contributed by atoms with Crippen molar-refractivity contribution in [2.24, 2.45) is 0 Å². The molecule has 1 heterocycles. The largest absolute Gasteiger partial charge is 0.493 e. The van der Waals surface area contributed by atoms with Gasteiger partial charge in [0.05, 0.1) is 38.6 Å². The summed E-state index contributed by atoms with van der Waals surface area (Å²) < 4.78 is 33.5. The third kappa shape index (κ3) is 4.60. The SMILES string of the molecule is CCc1cc(=O)c2ccc(OC(C)C)oc-2c1OC(=O)c1cc(OC)c(OC)c(OC)c1C. The van der Waals surface area contributed by atoms with Crippen LogP contribution in [-0.4, -0.2) is 33.4 Å². The van der Waals surface area contributed by atoms with Gasteiger partial charge in [-0.1, -0.05) is 6.92 Å². The molecule has 1 aromatic rings. The van der Waals surface area contributed by atoms with Crippen LogP contribution in [0.2, 0.25) is 0 Å². The minimum Gasteiger partial charge on any atom is -0.493 e. The van der Waals surface area contributed by atoms with Crippen molar-refractivity contribution < 1.29 is 32.9 Å². The molecule has 176 valence electrons. The Labute approximate surface area is 192 Å². The molecule has 8 nitrogen and oxygen atoms in total. The molecule has 2 aliphatic rings. The number of carbonyl (C=O) groups is 1. The minimum absolute atomic E-state index is 0.139. The van der Waals surface area contributed by atoms with Crippen molar-refractivity contribution in [3.05, 3.63) is 51.2 Å². The summed E-state index contributed by atoms with van der Waals surface area (Å²) in [6.07, 6.45) is 0.312. The predicted octanol–water partition coefficient (Wildman–Crippen LogP) is 4.65. The van der Waals surface area contributed by atoms with E-state index in [1.807, 2.05) is 20.8 Å². The van der Waals surface area contributed by atoms with Gasteiger partial charge in [-0.05, 0) is 45.4 Å². The van der Waals surface area contributed by atoms with E-state index in [9.17, 15) is 9.59 Å². The molecule has 0 radical (unpaired) electrons. The molecule has 3 rings (SSSR count). The second-order valence-corrected chi connectivity index (χ2v) is 7.59. The highest BCUT2D eigenvalue weighted by Gasteiger charge is 2.27. The molecule has 0 saturated carbocycles. The van der Waals surface area contributed by atoms with E-state index in [4.69, 9.17) is 28.1 Å². The highest BCUT2D eigenvalue weighted by molar-refractivity contribution is 5.95. The van der Waals surface area contributed by atoms with Crippen LogP contribution in [0, 0.1) is 6.92 Å². The average Bonchev–Trinajstić information content (AvgIpc) is 2.79. The van der Waals surface area contributed by atoms with Crippen LogP contribution in [0.3, 0.4) is 0 Å². The summed E-state index contributed by atoms with van der Waals surface area (Å²) >= 11 is 0. The summed E-state index contributed by atoms with van der Waals surface area (Å²) in [5.41, 5.74) is 1.33. The quantitative estimate of drug-likeness (QED) is 0.357. The number of benzene rings is 2. The van der Waals surface area contributed by atoms with Crippen molar-refractivity contribution in [1.29, 1.82) is 0 Å². The van der Waals surface area contributed by atoms with Gasteiger partial charge in [-0.15, -0.1) is 0 Å². The van der Waals surface area contributed by atoms with Crippen LogP contribution in [0.5, 0.6) is 28.9 Å². The molecule has 0 N–H and O–H groups in total. The molecule has 1 aromatic carbocycles. The summed E-state index contributed by atoms with van der Waals surface area (Å²) in [4.78, 5) is 25.9. The number of fused-ring (bicyclic) bond motifs is 1. The van der Waals surface area contributed by atoms with Crippen LogP contribution in [0.4, 0.5) is 0 Å². The zero-order valence-electron chi connectivity index (χ0n) is 19.9. The Morgan fingerprint density at radius 3 is 2.27 bits per heavy atom. The predicted molar refractivity (Wildman–Crippen MR) is 123 cm³/mol. The fourth-order valence-electron chi connectivity index (χ4n) is 3.56. The van der Waals surface area contributed by atoms with Crippen molar-refractivity contribution in [2.75, 3.05) is 21.3 Å². The first-order chi connectivity index (χ1) is 15.7. The summed E-state index contributed by atoms with van der Waals surface area (Å²) in [5, 5.41) is 0. The lowest BCUT2D eigenvalue weighted by Gasteiger charge is -2.19. The lowest BCUT2D eigenvalue weighted by Crippen LogP contribution is -2.16. The van der Waals surface area contributed by atoms with Crippen LogP contribution < -0.4 is 29.1 Å². The first-order valence-electron chi connectivity index (χ1n) is 10.5. The van der Waals surface area contributed by atoms with Gasteiger partial charge in [0.25, 0.3) is 5.95 Å². The van der Waals surface area contributed by atoms with Gasteiger partial charge in [0.2, 0.25) is 5.75 Å². The molecule has 0 unspecified atom stereocenters. The highest BCUT2D eigenvalue weighted by Crippen LogP contribution is 2.42. The smallest absolute Gasteiger partial charge is 0.344 e. The third-order valence-corrected chi connectivity index (χ3v) is 5.13. The summed E-state index contributed by atoms with van der Waals surface area (Å²) in [5.74, 6) is 0.916. The molecular formula is C25H28O8. The molecule has 8 heteroatoms. The molecule has 0 saturated heterocycles. The second kappa shape index (κ2) is 9.85. The zero-order valence-corrected chi connectivity index (χ0v) is 19.9. The van der Waals surface area contributed by atoms with E-state index in [0.29, 0.717) is 34.8 Å². The van der Waals surface area contributed by atoms with E-state index in [2.05, 4.69) is 0 Å². The molecule has 0 atom stereocenters. The molecular weight excluding hydrogens is 428 g/mol. The maximum absolute atomic E-state index is 13.3. The van der Waals surface area contributed by atoms with Crippen LogP contribution in [0.15, 0.2) is 33.5 Å². The van der Waals surface area contributed by atoms with Gasteiger partial charge >= 0.3 is 5.97 Å². The first kappa shape index (κ1) is 24.0. The van der Waals surface area contributed by atoms with E-state index in [-0.39, 0.29) is 40.1 Å². The van der Waals surface area contributed by atoms with Gasteiger partial charge < -0.3 is 28.1 Å². The summed E-state index contributed by atoms with van der Waals surface area (Å²) in [6, 6.07) is 6.15. The fourth-order valence-corrected chi connectivity index (χ4v) is 3.56. The average molecular weight is 456 g/mol. The van der Waals surface area contributed by atoms with Gasteiger partial charge in [-0.25, -0.2) is 4.79 Å². The van der Waals surface area contributed by atoms with Crippen molar-refractivity contribution >= 4 is 5.97 Å². The molecule has 0 spiro atoms. The van der Waals surface area contributed by atoms with E-state index >= 15 is 0 Å². The van der Waals surface area contributed by atoms with E-state index in [1.165, 1.54) is 33.5 Å². The number of ether oxygens (including phenoxy) is 5. The molecule has 0 fully saturated rings. The maximum atomic E-state index is 13.3. The van der Waals surface area contributed by atoms with Crippen molar-refractivity contribution in [3.8, 4) is 40.3 Å². The summed E-state index contributed by atoms with van der Waals surface area (Å²) in [6.45, 7) is 7.29. The fraction of sp³-hybridized carbons (Fsp3) is 0.360. The Hall–Kier alpha value is -3.68. The molecule has 1 aliphatic carbocycles. The first-order valence-corrected chi connectivity index (χ1v) is 10.5. The van der Waals surface area contributed by atoms with Crippen molar-refractivity contribution in [3.63, 3.8) is 0 Å². The number of methoxy groups -OCH3 is 3. The van der Waals surface area contributed by atoms with Crippen molar-refractivity contribution in [2.45, 2.75) is 40.2 Å². The Morgan fingerprint density at radius 2 is 1.70 bits per heavy atom. The number of hydrogen-bond donors (Lipinski definition) is 0. The van der Waals surface area contributed by atoms with E-state index in [1.54, 1.807) is 19.1 Å². The van der Waals surface area contributed by atoms with Crippen LogP contribution in [-0.2, 0) is 6.42 Å². The molecule has 0 amide bonds. The number of carbonyl (C=O) groups excluding carboxylic acids is 1. The van der Waals surface area contributed by atoms with Crippen LogP contribution in [0.25, 0.3) is 11.3 Å². The molecule has 0 bridgehead atoms. The Morgan fingerprint density at radius 1 is 1.00 bits per heavy atom. The number of rotatable bonds is 8. The van der Waals surface area contributed by atoms with Gasteiger partial charge in [0.15, 0.2) is 28.4 Å². The van der Waals surface area contributed by atoms with Crippen molar-refractivity contribution in [1.82, 2.24) is 0 Å². The number of aryl methyl sites for hydroxylation is 1. The third-order valence-electron chi connectivity index (χ3n) is 5.13. The number of esters is 1. The lowest BCUT2D eigenvalue weighted by atomic mass is 10.0. The summed E-state index contributed by atoms with van der Waals surface area (Å²) in [7, 11) is 4.43. The van der Waals surface area contributed by atoms with Gasteiger partial charge in [-0.2, -0.15) is 0 Å². The van der Waals surface area contributed by atoms with Crippen LogP contribution in [0.1, 0.15) is 42.3 Å². The Bertz CT molecular complexity index is 1190. The highest BCUT2D eigenvalue weighted by atomic mass is 16.6. The van der Waals surface area contributed by atoms with Crippen LogP contribution >= 0.6 is 0 Å². The minimum atomic E-state index is -0.660. The standard InChI is InChI=1S/C25H28O8/c1-8-15-11-18(26)16-9-10-20(31-13(2)3)32-23(16)22(15)33-25(27)17-12-19(28-5)24(30-7)21(29-6)14(17)4/h9-13H,8H2,1-7H3. The molecule has 1 aliphatic heterocycles. The van der Waals surface area contributed by atoms with E-state index in [0.717, 1.165) is 0 Å². The topological polar surface area (TPSA) is 93.4 Å². The van der Waals surface area contributed by atoms with E-state index < -0.39 is 5.97 Å². The number of hydrogen-bond acceptors (Lipinski definition) is 8. The van der Waals surface area contributed by atoms with Gasteiger partial charge in [0.1, 0.15) is 0 Å². The molecule has 0 aromatic heterocycles. The van der Waals surface area contributed by atoms with Gasteiger partial charge in [-0.3, -0.25) is 4.79 Å². The normalized spacial score (nSPS) is 10.9. The zero-order chi connectivity index (χ0) is 24.3. The monoisotopic (exact) mass is 456 g/mol. The second-order valence-electron chi connectivity index (χ2n) is 7.59. The van der Waals surface area contributed by atoms with Gasteiger partial charge in [0, 0.05) is 17.2 Å². The Balaban J connectivity index is 2.16. The molecule has 33 heavy (non-hydrogen) atoms. The Kier molecular flexibility index (Phi) is 7.16. The maximum Gasteiger partial charge on any atom is 0.344 e. The lowest BCUT2D eigenvalue weighted by molar-refractivity contribution is 0.0727.